The molecule has 0 bridgehead atoms. The Labute approximate surface area is 173 Å². The molecule has 0 radical (unpaired) electrons. The monoisotopic (exact) mass is 471 g/mol. The van der Waals surface area contributed by atoms with Crippen LogP contribution in [0.5, 0.6) is 5.75 Å². The van der Waals surface area contributed by atoms with E-state index in [9.17, 15) is 15.2 Å². The van der Waals surface area contributed by atoms with Crippen molar-refractivity contribution in [1.29, 1.82) is 0 Å². The molecule has 0 aromatic heterocycles. The van der Waals surface area contributed by atoms with Crippen molar-refractivity contribution in [2.75, 3.05) is 39.4 Å². The first-order chi connectivity index (χ1) is 11.6. The summed E-state index contributed by atoms with van der Waals surface area (Å²) in [5.41, 5.74) is 0.645. The van der Waals surface area contributed by atoms with Crippen LogP contribution in [-0.2, 0) is 4.74 Å². The van der Waals surface area contributed by atoms with Crippen LogP contribution in [0.15, 0.2) is 16.6 Å². The lowest BCUT2D eigenvalue weighted by molar-refractivity contribution is -0.385. The quantitative estimate of drug-likeness (QED) is 0.516. The van der Waals surface area contributed by atoms with Gasteiger partial charge in [0.2, 0.25) is 0 Å². The number of aromatic hydroxyl groups is 1. The molecule has 0 aliphatic carbocycles. The van der Waals surface area contributed by atoms with Crippen molar-refractivity contribution < 1.29 is 14.8 Å². The highest BCUT2D eigenvalue weighted by atomic mass is 79.9. The van der Waals surface area contributed by atoms with E-state index in [4.69, 9.17) is 4.74 Å². The van der Waals surface area contributed by atoms with Gasteiger partial charge in [-0.1, -0.05) is 0 Å². The van der Waals surface area contributed by atoms with Crippen LogP contribution in [0.3, 0.4) is 0 Å². The number of ether oxygens (including phenoxy) is 1. The molecule has 1 aromatic rings. The van der Waals surface area contributed by atoms with Gasteiger partial charge in [-0.3, -0.25) is 15.0 Å². The molecule has 2 fully saturated rings. The third-order valence-electron chi connectivity index (χ3n) is 4.86. The van der Waals surface area contributed by atoms with Crippen molar-refractivity contribution in [2.45, 2.75) is 18.9 Å². The van der Waals surface area contributed by atoms with Gasteiger partial charge in [-0.25, -0.2) is 0 Å². The fourth-order valence-corrected chi connectivity index (χ4v) is 4.14. The first kappa shape index (κ1) is 23.4. The molecule has 2 aliphatic rings. The minimum atomic E-state index is -0.410. The largest absolute Gasteiger partial charge is 0.506 e. The summed E-state index contributed by atoms with van der Waals surface area (Å²) >= 11 is 3.27. The molecule has 10 heteroatoms. The van der Waals surface area contributed by atoms with Gasteiger partial charge in [-0.15, -0.1) is 24.8 Å². The maximum atomic E-state index is 11.3. The first-order valence-corrected chi connectivity index (χ1v) is 9.06. The third kappa shape index (κ3) is 5.21. The van der Waals surface area contributed by atoms with E-state index in [-0.39, 0.29) is 42.3 Å². The lowest BCUT2D eigenvalue weighted by Crippen LogP contribution is -2.47. The van der Waals surface area contributed by atoms with Gasteiger partial charge in [0.05, 0.1) is 9.40 Å². The molecule has 2 heterocycles. The van der Waals surface area contributed by atoms with Crippen LogP contribution in [0.1, 0.15) is 24.4 Å². The third-order valence-corrected chi connectivity index (χ3v) is 5.47. The Hall–Kier alpha value is -0.640. The smallest absolute Gasteiger partial charge is 0.271 e. The average molecular weight is 473 g/mol. The topological polar surface area (TPSA) is 87.9 Å². The molecular weight excluding hydrogens is 449 g/mol. The molecule has 3 rings (SSSR count). The summed E-state index contributed by atoms with van der Waals surface area (Å²) in [5.74, 6) is 0.423. The van der Waals surface area contributed by atoms with Crippen LogP contribution in [0.4, 0.5) is 5.69 Å². The van der Waals surface area contributed by atoms with E-state index in [0.717, 1.165) is 39.0 Å². The number of nitro groups is 1. The molecule has 0 saturated carbocycles. The Morgan fingerprint density at radius 2 is 1.88 bits per heavy atom. The fourth-order valence-electron chi connectivity index (χ4n) is 3.68. The molecule has 7 nitrogen and oxygen atoms in total. The fraction of sp³-hybridized carbons (Fsp3) is 0.625. The van der Waals surface area contributed by atoms with Crippen LogP contribution >= 0.6 is 40.7 Å². The van der Waals surface area contributed by atoms with Crippen LogP contribution in [0.25, 0.3) is 0 Å². The highest BCUT2D eigenvalue weighted by Crippen LogP contribution is 2.43. The zero-order chi connectivity index (χ0) is 17.1. The molecule has 26 heavy (non-hydrogen) atoms. The molecule has 0 amide bonds. The summed E-state index contributed by atoms with van der Waals surface area (Å²) in [6.07, 6.45) is 1.79. The highest BCUT2D eigenvalue weighted by molar-refractivity contribution is 9.10. The van der Waals surface area contributed by atoms with E-state index < -0.39 is 4.92 Å². The second-order valence-electron chi connectivity index (χ2n) is 6.30. The number of non-ortho nitro benzene ring substituents is 1. The van der Waals surface area contributed by atoms with Gasteiger partial charge in [-0.05, 0) is 34.7 Å². The second-order valence-corrected chi connectivity index (χ2v) is 7.16. The maximum Gasteiger partial charge on any atom is 0.271 e. The van der Waals surface area contributed by atoms with Crippen molar-refractivity contribution >= 4 is 46.4 Å². The van der Waals surface area contributed by atoms with Crippen LogP contribution in [0.2, 0.25) is 0 Å². The van der Waals surface area contributed by atoms with E-state index in [1.54, 1.807) is 0 Å². The van der Waals surface area contributed by atoms with E-state index in [1.165, 1.54) is 12.1 Å². The number of nitrogens with one attached hydrogen (secondary N) is 1. The molecule has 0 spiro atoms. The Kier molecular flexibility index (Phi) is 9.57. The number of phenolic OH excluding ortho intramolecular Hbond substituents is 1. The molecule has 0 unspecified atom stereocenters. The Morgan fingerprint density at radius 1 is 1.27 bits per heavy atom. The minimum absolute atomic E-state index is 0. The number of benzene rings is 1. The van der Waals surface area contributed by atoms with Crippen LogP contribution in [0, 0.1) is 16.0 Å². The molecule has 2 N–H and O–H groups in total. The van der Waals surface area contributed by atoms with Crippen molar-refractivity contribution in [3.63, 3.8) is 0 Å². The minimum Gasteiger partial charge on any atom is -0.506 e. The number of piperazine rings is 1. The number of rotatable bonds is 4. The van der Waals surface area contributed by atoms with Crippen LogP contribution < -0.4 is 5.32 Å². The van der Waals surface area contributed by atoms with E-state index >= 15 is 0 Å². The van der Waals surface area contributed by atoms with Crippen molar-refractivity contribution in [3.05, 3.63) is 32.3 Å². The van der Waals surface area contributed by atoms with Crippen molar-refractivity contribution in [1.82, 2.24) is 10.2 Å². The van der Waals surface area contributed by atoms with Crippen molar-refractivity contribution in [3.8, 4) is 5.75 Å². The summed E-state index contributed by atoms with van der Waals surface area (Å²) in [5, 5.41) is 25.2. The van der Waals surface area contributed by atoms with Gasteiger partial charge in [0.25, 0.3) is 5.69 Å². The summed E-state index contributed by atoms with van der Waals surface area (Å²) < 4.78 is 5.85. The molecule has 2 saturated heterocycles. The molecular formula is C16H24BrCl2N3O4. The van der Waals surface area contributed by atoms with Crippen molar-refractivity contribution in [2.24, 2.45) is 5.92 Å². The maximum absolute atomic E-state index is 11.3. The van der Waals surface area contributed by atoms with Gasteiger partial charge in [0.1, 0.15) is 5.75 Å². The number of nitro benzene ring substituents is 1. The number of hydrogen-bond acceptors (Lipinski definition) is 6. The zero-order valence-electron chi connectivity index (χ0n) is 14.2. The number of nitrogens with zero attached hydrogens (tertiary/aromatic N) is 2. The summed E-state index contributed by atoms with van der Waals surface area (Å²) in [6.45, 7) is 4.89. The predicted octanol–water partition coefficient (Wildman–Crippen LogP) is 3.28. The SMILES string of the molecule is Cl.Cl.O=[N+]([O-])c1cc(Br)c(O)c([C@@H](C2CCOCC2)N2CCNCC2)c1. The summed E-state index contributed by atoms with van der Waals surface area (Å²) in [7, 11) is 0. The van der Waals surface area contributed by atoms with Crippen LogP contribution in [-0.4, -0.2) is 54.3 Å². The predicted molar refractivity (Wildman–Crippen MR) is 108 cm³/mol. The van der Waals surface area contributed by atoms with E-state index in [1.807, 2.05) is 0 Å². The Morgan fingerprint density at radius 3 is 2.46 bits per heavy atom. The number of hydrogen-bond donors (Lipinski definition) is 2. The molecule has 2 aliphatic heterocycles. The molecule has 148 valence electrons. The van der Waals surface area contributed by atoms with Gasteiger partial charge < -0.3 is 15.2 Å². The average Bonchev–Trinajstić information content (AvgIpc) is 2.60. The normalized spacial score (nSPS) is 19.9. The highest BCUT2D eigenvalue weighted by Gasteiger charge is 2.34. The number of halogens is 3. The van der Waals surface area contributed by atoms with Gasteiger partial charge >= 0.3 is 0 Å². The van der Waals surface area contributed by atoms with E-state index in [2.05, 4.69) is 26.1 Å². The Bertz CT molecular complexity index is 593. The second kappa shape index (κ2) is 10.6. The molecule has 1 atom stereocenters. The molecule has 1 aromatic carbocycles. The summed E-state index contributed by atoms with van der Waals surface area (Å²) in [4.78, 5) is 13.2. The van der Waals surface area contributed by atoms with Gasteiger partial charge in [0, 0.05) is 63.1 Å². The lowest BCUT2D eigenvalue weighted by Gasteiger charge is -2.41. The Balaban J connectivity index is 0.00000169. The standard InChI is InChI=1S/C16H22BrN3O4.2ClH/c17-14-10-12(20(22)23)9-13(16(14)21)15(11-1-7-24-8-2-11)19-5-3-18-4-6-19;;/h9-11,15,18,21H,1-8H2;2*1H/t15-;;/m1../s1. The summed E-state index contributed by atoms with van der Waals surface area (Å²) in [6, 6.07) is 2.85. The zero-order valence-corrected chi connectivity index (χ0v) is 17.4. The first-order valence-electron chi connectivity index (χ1n) is 8.27. The van der Waals surface area contributed by atoms with Gasteiger partial charge in [0.15, 0.2) is 0 Å². The van der Waals surface area contributed by atoms with Gasteiger partial charge in [-0.2, -0.15) is 0 Å². The number of phenols is 1. The van der Waals surface area contributed by atoms with E-state index in [0.29, 0.717) is 29.2 Å². The lowest BCUT2D eigenvalue weighted by atomic mass is 9.85.